The number of thiol groups is 2. The lowest BCUT2D eigenvalue weighted by Gasteiger charge is -2.07. The van der Waals surface area contributed by atoms with Gasteiger partial charge in [0.15, 0.2) is 0 Å². The van der Waals surface area contributed by atoms with Gasteiger partial charge in [-0.1, -0.05) is 70.4 Å². The smallest absolute Gasteiger partial charge is 0.328 e. The van der Waals surface area contributed by atoms with Crippen LogP contribution >= 0.6 is 25.3 Å². The Morgan fingerprint density at radius 2 is 1.22 bits per heavy atom. The van der Waals surface area contributed by atoms with E-state index >= 15 is 0 Å². The Kier molecular flexibility index (Phi) is 26.9. The van der Waals surface area contributed by atoms with Crippen molar-refractivity contribution in [3.63, 3.8) is 0 Å². The van der Waals surface area contributed by atoms with Crippen molar-refractivity contribution in [2.45, 2.75) is 108 Å². The first-order chi connectivity index (χ1) is 15.3. The molecule has 1 N–H and O–H groups in total. The number of carbonyl (C=O) groups is 3. The summed E-state index contributed by atoms with van der Waals surface area (Å²) in [6, 6.07) is 0. The Morgan fingerprint density at radius 1 is 0.781 bits per heavy atom. The van der Waals surface area contributed by atoms with Gasteiger partial charge in [-0.2, -0.15) is 25.3 Å². The summed E-state index contributed by atoms with van der Waals surface area (Å²) >= 11 is 7.67. The van der Waals surface area contributed by atoms with Crippen molar-refractivity contribution in [2.24, 2.45) is 0 Å². The average Bonchev–Trinajstić information content (AvgIpc) is 2.73. The van der Waals surface area contributed by atoms with Gasteiger partial charge in [0.05, 0.1) is 0 Å². The summed E-state index contributed by atoms with van der Waals surface area (Å²) in [6.07, 6.45) is 21.1. The molecule has 0 saturated carbocycles. The van der Waals surface area contributed by atoms with Crippen molar-refractivity contribution in [3.8, 4) is 0 Å². The number of unbranched alkanes of at least 4 members (excludes halogenated alkanes) is 11. The molecule has 0 spiro atoms. The Hall–Kier alpha value is -1.15. The minimum Gasteiger partial charge on any atom is -0.481 e. The first kappa shape index (κ1) is 33.0. The van der Waals surface area contributed by atoms with Crippen LogP contribution in [0.4, 0.5) is 0 Å². The summed E-state index contributed by atoms with van der Waals surface area (Å²) in [5, 5.41) is 7.42. The number of hydrogen-bond acceptors (Lipinski definition) is 7. The molecule has 0 aromatic heterocycles. The van der Waals surface area contributed by atoms with Crippen LogP contribution in [0.3, 0.4) is 0 Å². The minimum atomic E-state index is -0.833. The van der Waals surface area contributed by atoms with Gasteiger partial charge < -0.3 is 14.6 Å². The Morgan fingerprint density at radius 3 is 1.72 bits per heavy atom. The number of hydrogen-bond donors (Lipinski definition) is 3. The molecule has 0 radical (unpaired) electrons. The van der Waals surface area contributed by atoms with Crippen LogP contribution in [0.1, 0.15) is 104 Å². The number of ether oxygens (including phenoxy) is 2. The highest BCUT2D eigenvalue weighted by atomic mass is 32.2. The average molecular weight is 493 g/mol. The molecule has 0 bridgehead atoms. The molecule has 32 heavy (non-hydrogen) atoms. The van der Waals surface area contributed by atoms with E-state index in [1.54, 1.807) is 0 Å². The molecule has 0 saturated heterocycles. The fraction of sp³-hybridized carbons (Fsp3) is 0.792. The normalized spacial score (nSPS) is 10.7. The molecular formula is C24H44O6S2. The van der Waals surface area contributed by atoms with Gasteiger partial charge in [-0.25, -0.2) is 4.79 Å². The fourth-order valence-corrected chi connectivity index (χ4v) is 2.93. The summed E-state index contributed by atoms with van der Waals surface area (Å²) in [7, 11) is 0. The van der Waals surface area contributed by atoms with E-state index in [1.807, 2.05) is 0 Å². The third-order valence-electron chi connectivity index (χ3n) is 4.44. The zero-order valence-electron chi connectivity index (χ0n) is 19.9. The van der Waals surface area contributed by atoms with E-state index in [1.165, 1.54) is 57.8 Å². The van der Waals surface area contributed by atoms with Crippen molar-refractivity contribution in [1.82, 2.24) is 0 Å². The van der Waals surface area contributed by atoms with Crippen LogP contribution in [-0.2, 0) is 23.9 Å². The maximum absolute atomic E-state index is 11.6. The predicted molar refractivity (Wildman–Crippen MR) is 136 cm³/mol. The van der Waals surface area contributed by atoms with E-state index in [0.717, 1.165) is 32.6 Å². The third kappa shape index (κ3) is 31.0. The fourth-order valence-electron chi connectivity index (χ4n) is 2.78. The number of rotatable bonds is 19. The van der Waals surface area contributed by atoms with Crippen LogP contribution in [0.15, 0.2) is 12.2 Å². The highest BCUT2D eigenvalue weighted by Crippen LogP contribution is 2.10. The van der Waals surface area contributed by atoms with Crippen molar-refractivity contribution < 1.29 is 29.0 Å². The standard InChI is InChI=1S/C22H40O4S2.C2H4O2/c1-2-3-4-5-6-7-8-9-10-11-12-13-14-15-16-17-20(23)25-18-19-26-21(24)22(27)28;1-2(3)4/h9-10,22,27-28H,2-8,11-19H2,1H3;1H3,(H,3,4)/b10-9-;. The van der Waals surface area contributed by atoms with Crippen molar-refractivity contribution in [3.05, 3.63) is 12.2 Å². The predicted octanol–water partition coefficient (Wildman–Crippen LogP) is 6.39. The van der Waals surface area contributed by atoms with Gasteiger partial charge in [0, 0.05) is 13.3 Å². The van der Waals surface area contributed by atoms with Gasteiger partial charge in [0.25, 0.3) is 5.97 Å². The molecule has 0 amide bonds. The lowest BCUT2D eigenvalue weighted by molar-refractivity contribution is -0.151. The number of carboxylic acid groups (broad SMARTS) is 1. The molecule has 0 aliphatic rings. The maximum Gasteiger partial charge on any atom is 0.328 e. The molecule has 0 aliphatic heterocycles. The van der Waals surface area contributed by atoms with Crippen molar-refractivity contribution in [2.75, 3.05) is 13.2 Å². The number of esters is 2. The molecule has 8 heteroatoms. The number of carbonyl (C=O) groups excluding carboxylic acids is 2. The quantitative estimate of drug-likeness (QED) is 0.0637. The van der Waals surface area contributed by atoms with Gasteiger partial charge in [-0.05, 0) is 32.1 Å². The second-order valence-corrected chi connectivity index (χ2v) is 9.06. The SMILES string of the molecule is CC(=O)O.CCCCCCCC/C=C\CCCCCCCC(=O)OCCOC(=O)C(S)S. The summed E-state index contributed by atoms with van der Waals surface area (Å²) in [5.74, 6) is -1.60. The van der Waals surface area contributed by atoms with E-state index in [4.69, 9.17) is 19.4 Å². The molecule has 0 aromatic carbocycles. The Balaban J connectivity index is 0. The lowest BCUT2D eigenvalue weighted by atomic mass is 10.1. The summed E-state index contributed by atoms with van der Waals surface area (Å²) in [4.78, 5) is 31.7. The molecule has 188 valence electrons. The van der Waals surface area contributed by atoms with E-state index in [-0.39, 0.29) is 19.2 Å². The minimum absolute atomic E-state index is 0.0502. The highest BCUT2D eigenvalue weighted by molar-refractivity contribution is 8.00. The van der Waals surface area contributed by atoms with Gasteiger partial charge in [-0.15, -0.1) is 0 Å². The van der Waals surface area contributed by atoms with Gasteiger partial charge >= 0.3 is 11.9 Å². The van der Waals surface area contributed by atoms with Crippen LogP contribution < -0.4 is 0 Å². The van der Waals surface area contributed by atoms with Crippen LogP contribution in [0.25, 0.3) is 0 Å². The summed E-state index contributed by atoms with van der Waals surface area (Å²) < 4.78 is 9.07. The number of aliphatic carboxylic acids is 1. The topological polar surface area (TPSA) is 89.9 Å². The third-order valence-corrected chi connectivity index (χ3v) is 4.87. The summed E-state index contributed by atoms with van der Waals surface area (Å²) in [6.45, 7) is 3.47. The van der Waals surface area contributed by atoms with Crippen LogP contribution in [0, 0.1) is 0 Å². The van der Waals surface area contributed by atoms with Gasteiger partial charge in [-0.3, -0.25) is 9.59 Å². The van der Waals surface area contributed by atoms with Gasteiger partial charge in [0.1, 0.15) is 17.8 Å². The Labute approximate surface area is 205 Å². The Bertz CT molecular complexity index is 491. The zero-order valence-corrected chi connectivity index (χ0v) is 21.7. The molecule has 0 aliphatic carbocycles. The van der Waals surface area contributed by atoms with Crippen molar-refractivity contribution >= 4 is 43.2 Å². The van der Waals surface area contributed by atoms with E-state index in [9.17, 15) is 9.59 Å². The molecule has 0 fully saturated rings. The first-order valence-corrected chi connectivity index (χ1v) is 12.9. The van der Waals surface area contributed by atoms with Gasteiger partial charge in [0.2, 0.25) is 0 Å². The lowest BCUT2D eigenvalue weighted by Crippen LogP contribution is -2.17. The van der Waals surface area contributed by atoms with Crippen molar-refractivity contribution in [1.29, 1.82) is 0 Å². The monoisotopic (exact) mass is 492 g/mol. The zero-order chi connectivity index (χ0) is 24.5. The van der Waals surface area contributed by atoms with E-state index in [2.05, 4.69) is 44.3 Å². The molecule has 0 heterocycles. The van der Waals surface area contributed by atoms with Crippen LogP contribution in [0.5, 0.6) is 0 Å². The summed E-state index contributed by atoms with van der Waals surface area (Å²) in [5.41, 5.74) is 0. The second kappa shape index (κ2) is 26.1. The highest BCUT2D eigenvalue weighted by Gasteiger charge is 2.10. The van der Waals surface area contributed by atoms with Crippen LogP contribution in [-0.4, -0.2) is 40.8 Å². The molecular weight excluding hydrogens is 448 g/mol. The largest absolute Gasteiger partial charge is 0.481 e. The van der Waals surface area contributed by atoms with E-state index in [0.29, 0.717) is 6.42 Å². The molecule has 0 aromatic rings. The molecule has 0 atom stereocenters. The maximum atomic E-state index is 11.6. The number of carboxylic acids is 1. The van der Waals surface area contributed by atoms with Crippen LogP contribution in [0.2, 0.25) is 0 Å². The second-order valence-electron chi connectivity index (χ2n) is 7.61. The molecule has 0 unspecified atom stereocenters. The molecule has 0 rings (SSSR count). The molecule has 6 nitrogen and oxygen atoms in total. The van der Waals surface area contributed by atoms with E-state index < -0.39 is 16.5 Å². The number of allylic oxidation sites excluding steroid dienone is 2. The first-order valence-electron chi connectivity index (χ1n) is 11.8.